The highest BCUT2D eigenvalue weighted by molar-refractivity contribution is 4.64. The lowest BCUT2D eigenvalue weighted by atomic mass is 10.3. The van der Waals surface area contributed by atoms with Crippen LogP contribution in [0.4, 0.5) is 0 Å². The van der Waals surface area contributed by atoms with Crippen LogP contribution in [0.15, 0.2) is 12.7 Å². The number of unbranched alkanes of at least 4 members (excludes halogenated alkanes) is 1. The third kappa shape index (κ3) is 13.5. The van der Waals surface area contributed by atoms with Crippen LogP contribution in [0, 0.1) is 0 Å². The Bertz CT molecular complexity index is 165. The summed E-state index contributed by atoms with van der Waals surface area (Å²) in [5, 5.41) is 12.7. The summed E-state index contributed by atoms with van der Waals surface area (Å²) in [5.74, 6) is 0. The molecule has 0 aromatic carbocycles. The fourth-order valence-electron chi connectivity index (χ4n) is 1.21. The normalized spacial score (nSPS) is 12.6. The molecule has 0 fully saturated rings. The summed E-state index contributed by atoms with van der Waals surface area (Å²) in [6.07, 6.45) is 4.46. The first-order chi connectivity index (χ1) is 8.31. The SMILES string of the molecule is C=CCCOCCNCC(O)COCCCC. The van der Waals surface area contributed by atoms with E-state index in [0.717, 1.165) is 32.4 Å². The van der Waals surface area contributed by atoms with Gasteiger partial charge in [-0.1, -0.05) is 19.4 Å². The van der Waals surface area contributed by atoms with Gasteiger partial charge >= 0.3 is 0 Å². The van der Waals surface area contributed by atoms with Gasteiger partial charge in [-0.2, -0.15) is 0 Å². The molecule has 102 valence electrons. The molecule has 0 spiro atoms. The van der Waals surface area contributed by atoms with E-state index in [1.807, 2.05) is 6.08 Å². The Balaban J connectivity index is 3.10. The molecule has 1 atom stereocenters. The van der Waals surface area contributed by atoms with Gasteiger partial charge in [0.05, 0.1) is 25.9 Å². The standard InChI is InChI=1S/C13H27NO3/c1-3-5-8-16-10-7-14-11-13(15)12-17-9-6-4-2/h3,13-15H,1,4-12H2,2H3. The Morgan fingerprint density at radius 2 is 2.12 bits per heavy atom. The van der Waals surface area contributed by atoms with Crippen molar-refractivity contribution < 1.29 is 14.6 Å². The van der Waals surface area contributed by atoms with E-state index in [0.29, 0.717) is 26.4 Å². The summed E-state index contributed by atoms with van der Waals surface area (Å²) in [4.78, 5) is 0. The predicted octanol–water partition coefficient (Wildman–Crippen LogP) is 1.35. The van der Waals surface area contributed by atoms with E-state index in [2.05, 4.69) is 18.8 Å². The van der Waals surface area contributed by atoms with Gasteiger partial charge in [0, 0.05) is 19.7 Å². The van der Waals surface area contributed by atoms with Crippen LogP contribution in [0.3, 0.4) is 0 Å². The smallest absolute Gasteiger partial charge is 0.0897 e. The second kappa shape index (κ2) is 13.6. The van der Waals surface area contributed by atoms with Crippen LogP contribution < -0.4 is 5.32 Å². The third-order valence-electron chi connectivity index (χ3n) is 2.22. The highest BCUT2D eigenvalue weighted by atomic mass is 16.5. The van der Waals surface area contributed by atoms with Gasteiger partial charge in [0.2, 0.25) is 0 Å². The minimum absolute atomic E-state index is 0.407. The van der Waals surface area contributed by atoms with E-state index >= 15 is 0 Å². The van der Waals surface area contributed by atoms with E-state index in [1.165, 1.54) is 0 Å². The molecule has 0 saturated carbocycles. The van der Waals surface area contributed by atoms with Crippen LogP contribution in [0.25, 0.3) is 0 Å². The molecular weight excluding hydrogens is 218 g/mol. The Morgan fingerprint density at radius 1 is 1.29 bits per heavy atom. The average molecular weight is 245 g/mol. The van der Waals surface area contributed by atoms with Crippen molar-refractivity contribution in [2.24, 2.45) is 0 Å². The molecule has 0 saturated heterocycles. The second-order valence-corrected chi connectivity index (χ2v) is 3.98. The van der Waals surface area contributed by atoms with Crippen LogP contribution in [0.2, 0.25) is 0 Å². The molecule has 0 rings (SSSR count). The monoisotopic (exact) mass is 245 g/mol. The largest absolute Gasteiger partial charge is 0.389 e. The Labute approximate surface area is 105 Å². The Hall–Kier alpha value is -0.420. The molecule has 2 N–H and O–H groups in total. The molecule has 0 amide bonds. The second-order valence-electron chi connectivity index (χ2n) is 3.98. The van der Waals surface area contributed by atoms with E-state index in [1.54, 1.807) is 0 Å². The van der Waals surface area contributed by atoms with E-state index in [9.17, 15) is 5.11 Å². The lowest BCUT2D eigenvalue weighted by molar-refractivity contribution is 0.0347. The van der Waals surface area contributed by atoms with Gasteiger partial charge in [-0.25, -0.2) is 0 Å². The fraction of sp³-hybridized carbons (Fsp3) is 0.846. The summed E-state index contributed by atoms with van der Waals surface area (Å²) in [7, 11) is 0. The summed E-state index contributed by atoms with van der Waals surface area (Å²) in [6.45, 7) is 9.56. The van der Waals surface area contributed by atoms with Crippen molar-refractivity contribution in [1.82, 2.24) is 5.32 Å². The molecule has 0 aliphatic carbocycles. The number of aliphatic hydroxyl groups excluding tert-OH is 1. The van der Waals surface area contributed by atoms with Crippen molar-refractivity contribution >= 4 is 0 Å². The maximum atomic E-state index is 9.55. The predicted molar refractivity (Wildman–Crippen MR) is 70.2 cm³/mol. The van der Waals surface area contributed by atoms with E-state index < -0.39 is 6.10 Å². The number of rotatable bonds is 13. The zero-order valence-corrected chi connectivity index (χ0v) is 11.0. The Morgan fingerprint density at radius 3 is 2.82 bits per heavy atom. The fourth-order valence-corrected chi connectivity index (χ4v) is 1.21. The van der Waals surface area contributed by atoms with Crippen molar-refractivity contribution in [3.63, 3.8) is 0 Å². The summed E-state index contributed by atoms with van der Waals surface area (Å²) >= 11 is 0. The van der Waals surface area contributed by atoms with Gasteiger partial charge in [0.25, 0.3) is 0 Å². The number of ether oxygens (including phenoxy) is 2. The quantitative estimate of drug-likeness (QED) is 0.380. The molecule has 0 aliphatic rings. The third-order valence-corrected chi connectivity index (χ3v) is 2.22. The highest BCUT2D eigenvalue weighted by Gasteiger charge is 2.02. The average Bonchev–Trinajstić information content (AvgIpc) is 2.33. The zero-order valence-electron chi connectivity index (χ0n) is 11.0. The van der Waals surface area contributed by atoms with Gasteiger partial charge in [0.15, 0.2) is 0 Å². The molecule has 0 aromatic heterocycles. The molecule has 0 heterocycles. The van der Waals surface area contributed by atoms with Crippen LogP contribution >= 0.6 is 0 Å². The Kier molecular flexibility index (Phi) is 13.3. The van der Waals surface area contributed by atoms with Crippen LogP contribution in [-0.2, 0) is 9.47 Å². The van der Waals surface area contributed by atoms with Crippen molar-refractivity contribution in [2.45, 2.75) is 32.3 Å². The molecule has 4 heteroatoms. The first-order valence-electron chi connectivity index (χ1n) is 6.46. The van der Waals surface area contributed by atoms with Gasteiger partial charge in [0.1, 0.15) is 0 Å². The molecular formula is C13H27NO3. The van der Waals surface area contributed by atoms with Gasteiger partial charge in [-0.3, -0.25) is 0 Å². The maximum Gasteiger partial charge on any atom is 0.0897 e. The first kappa shape index (κ1) is 16.6. The number of aliphatic hydroxyl groups is 1. The summed E-state index contributed by atoms with van der Waals surface area (Å²) in [5.41, 5.74) is 0. The topological polar surface area (TPSA) is 50.7 Å². The first-order valence-corrected chi connectivity index (χ1v) is 6.46. The van der Waals surface area contributed by atoms with Crippen LogP contribution in [-0.4, -0.2) is 50.7 Å². The molecule has 17 heavy (non-hydrogen) atoms. The van der Waals surface area contributed by atoms with Crippen LogP contribution in [0.5, 0.6) is 0 Å². The lowest BCUT2D eigenvalue weighted by Gasteiger charge is -2.12. The summed E-state index contributed by atoms with van der Waals surface area (Å²) in [6, 6.07) is 0. The van der Waals surface area contributed by atoms with Gasteiger partial charge in [-0.05, 0) is 12.8 Å². The molecule has 1 unspecified atom stereocenters. The summed E-state index contributed by atoms with van der Waals surface area (Å²) < 4.78 is 10.6. The number of hydrogen-bond donors (Lipinski definition) is 2. The number of nitrogens with one attached hydrogen (secondary N) is 1. The molecule has 0 aromatic rings. The minimum atomic E-state index is -0.431. The lowest BCUT2D eigenvalue weighted by Crippen LogP contribution is -2.32. The zero-order chi connectivity index (χ0) is 12.8. The maximum absolute atomic E-state index is 9.55. The van der Waals surface area contributed by atoms with Crippen molar-refractivity contribution in [3.8, 4) is 0 Å². The highest BCUT2D eigenvalue weighted by Crippen LogP contribution is 1.90. The van der Waals surface area contributed by atoms with Crippen LogP contribution in [0.1, 0.15) is 26.2 Å². The molecule has 0 bridgehead atoms. The molecule has 0 radical (unpaired) electrons. The van der Waals surface area contributed by atoms with E-state index in [-0.39, 0.29) is 0 Å². The molecule has 4 nitrogen and oxygen atoms in total. The van der Waals surface area contributed by atoms with Gasteiger partial charge in [-0.15, -0.1) is 6.58 Å². The van der Waals surface area contributed by atoms with E-state index in [4.69, 9.17) is 9.47 Å². The minimum Gasteiger partial charge on any atom is -0.389 e. The number of hydrogen-bond acceptors (Lipinski definition) is 4. The van der Waals surface area contributed by atoms with Crippen molar-refractivity contribution in [1.29, 1.82) is 0 Å². The molecule has 0 aliphatic heterocycles. The van der Waals surface area contributed by atoms with Gasteiger partial charge < -0.3 is 19.9 Å². The van der Waals surface area contributed by atoms with Crippen molar-refractivity contribution in [2.75, 3.05) is 39.5 Å². The van der Waals surface area contributed by atoms with Crippen molar-refractivity contribution in [3.05, 3.63) is 12.7 Å².